The quantitative estimate of drug-likeness (QED) is 0.749. The minimum atomic E-state index is -0.0721. The Hall–Kier alpha value is -2.55. The van der Waals surface area contributed by atoms with E-state index in [-0.39, 0.29) is 11.9 Å². The normalized spacial score (nSPS) is 16.5. The Morgan fingerprint density at radius 1 is 1.07 bits per heavy atom. The molecule has 1 fully saturated rings. The van der Waals surface area contributed by atoms with Crippen molar-refractivity contribution < 1.29 is 4.79 Å². The Labute approximate surface area is 163 Å². The zero-order chi connectivity index (χ0) is 19.2. The van der Waals surface area contributed by atoms with E-state index in [0.717, 1.165) is 30.1 Å². The molecule has 0 saturated carbocycles. The molecule has 1 saturated heterocycles. The van der Waals surface area contributed by atoms with E-state index in [1.165, 1.54) is 24.1 Å². The third kappa shape index (κ3) is 5.46. The van der Waals surface area contributed by atoms with Gasteiger partial charge < -0.3 is 10.2 Å². The molecule has 3 nitrogen and oxygen atoms in total. The van der Waals surface area contributed by atoms with Crippen LogP contribution in [0.4, 0.5) is 5.69 Å². The van der Waals surface area contributed by atoms with Crippen molar-refractivity contribution in [3.63, 3.8) is 0 Å². The van der Waals surface area contributed by atoms with Gasteiger partial charge in [-0.05, 0) is 61.9 Å². The highest BCUT2D eigenvalue weighted by atomic mass is 16.1. The van der Waals surface area contributed by atoms with Crippen molar-refractivity contribution in [3.05, 3.63) is 71.3 Å². The van der Waals surface area contributed by atoms with E-state index in [1.807, 2.05) is 37.3 Å². The highest BCUT2D eigenvalue weighted by molar-refractivity contribution is 5.91. The van der Waals surface area contributed by atoms with Gasteiger partial charge in [-0.1, -0.05) is 48.9 Å². The number of benzene rings is 2. The molecule has 2 aromatic carbocycles. The van der Waals surface area contributed by atoms with Crippen LogP contribution in [0, 0.1) is 12.8 Å². The van der Waals surface area contributed by atoms with Crippen molar-refractivity contribution in [1.82, 2.24) is 5.32 Å². The van der Waals surface area contributed by atoms with Crippen LogP contribution in [-0.2, 0) is 4.79 Å². The number of hydrogen-bond acceptors (Lipinski definition) is 2. The maximum absolute atomic E-state index is 12.2. The second-order valence-electron chi connectivity index (χ2n) is 7.74. The highest BCUT2D eigenvalue weighted by Gasteiger charge is 2.16. The summed E-state index contributed by atoms with van der Waals surface area (Å²) >= 11 is 0. The van der Waals surface area contributed by atoms with E-state index in [2.05, 4.69) is 48.3 Å². The molecule has 142 valence electrons. The molecule has 0 aliphatic carbocycles. The number of nitrogens with zero attached hydrogens (tertiary/aromatic N) is 1. The summed E-state index contributed by atoms with van der Waals surface area (Å²) in [5, 5.41) is 3.04. The van der Waals surface area contributed by atoms with Crippen molar-refractivity contribution in [2.45, 2.75) is 39.7 Å². The number of rotatable bonds is 5. The summed E-state index contributed by atoms with van der Waals surface area (Å²) in [6.07, 6.45) is 5.98. The molecule has 27 heavy (non-hydrogen) atoms. The molecule has 2 aromatic rings. The molecule has 3 rings (SSSR count). The fourth-order valence-electron chi connectivity index (χ4n) is 3.43. The Balaban J connectivity index is 1.54. The highest BCUT2D eigenvalue weighted by Crippen LogP contribution is 2.24. The standard InChI is InChI=1S/C24H30N2O/c1-18-4-6-21(7-5-18)8-13-24(27)25-20(3)22-9-11-23(12-10-22)26-16-14-19(2)15-17-26/h4-13,19-20H,14-17H2,1-3H3,(H,25,27)/b13-8+/t20-/m0/s1. The van der Waals surface area contributed by atoms with Crippen LogP contribution >= 0.6 is 0 Å². The lowest BCUT2D eigenvalue weighted by Crippen LogP contribution is -2.32. The summed E-state index contributed by atoms with van der Waals surface area (Å²) < 4.78 is 0. The van der Waals surface area contributed by atoms with Gasteiger partial charge in [0.25, 0.3) is 0 Å². The summed E-state index contributed by atoms with van der Waals surface area (Å²) in [5.74, 6) is 0.765. The maximum atomic E-state index is 12.2. The topological polar surface area (TPSA) is 32.3 Å². The Morgan fingerprint density at radius 3 is 2.33 bits per heavy atom. The molecule has 1 heterocycles. The first-order chi connectivity index (χ1) is 13.0. The number of carbonyl (C=O) groups is 1. The molecule has 0 radical (unpaired) electrons. The van der Waals surface area contributed by atoms with Gasteiger partial charge in [-0.3, -0.25) is 4.79 Å². The van der Waals surface area contributed by atoms with E-state index >= 15 is 0 Å². The number of nitrogens with one attached hydrogen (secondary N) is 1. The molecule has 0 aromatic heterocycles. The second-order valence-corrected chi connectivity index (χ2v) is 7.74. The van der Waals surface area contributed by atoms with Crippen LogP contribution in [-0.4, -0.2) is 19.0 Å². The third-order valence-electron chi connectivity index (χ3n) is 5.41. The lowest BCUT2D eigenvalue weighted by molar-refractivity contribution is -0.117. The Kier molecular flexibility index (Phi) is 6.33. The summed E-state index contributed by atoms with van der Waals surface area (Å²) in [7, 11) is 0. The van der Waals surface area contributed by atoms with Gasteiger partial charge in [0.15, 0.2) is 0 Å². The molecule has 0 spiro atoms. The molecule has 0 bridgehead atoms. The fourth-order valence-corrected chi connectivity index (χ4v) is 3.43. The van der Waals surface area contributed by atoms with Crippen molar-refractivity contribution in [2.75, 3.05) is 18.0 Å². The fraction of sp³-hybridized carbons (Fsp3) is 0.375. The van der Waals surface area contributed by atoms with Crippen LogP contribution in [0.1, 0.15) is 49.4 Å². The molecule has 1 amide bonds. The number of carbonyl (C=O) groups excluding carboxylic acids is 1. The van der Waals surface area contributed by atoms with Gasteiger partial charge in [-0.2, -0.15) is 0 Å². The van der Waals surface area contributed by atoms with E-state index < -0.39 is 0 Å². The predicted octanol–water partition coefficient (Wildman–Crippen LogP) is 5.12. The van der Waals surface area contributed by atoms with Crippen molar-refractivity contribution >= 4 is 17.7 Å². The average Bonchev–Trinajstić information content (AvgIpc) is 2.68. The van der Waals surface area contributed by atoms with Gasteiger partial charge in [-0.15, -0.1) is 0 Å². The molecular formula is C24H30N2O. The molecule has 3 heteroatoms. The molecular weight excluding hydrogens is 332 g/mol. The Bertz CT molecular complexity index is 769. The summed E-state index contributed by atoms with van der Waals surface area (Å²) in [4.78, 5) is 14.7. The monoisotopic (exact) mass is 362 g/mol. The van der Waals surface area contributed by atoms with Crippen LogP contribution in [0.25, 0.3) is 6.08 Å². The first kappa shape index (κ1) is 19.2. The molecule has 1 aliphatic rings. The van der Waals surface area contributed by atoms with Gasteiger partial charge in [0.1, 0.15) is 0 Å². The minimum absolute atomic E-state index is 0.0180. The van der Waals surface area contributed by atoms with Crippen LogP contribution in [0.15, 0.2) is 54.6 Å². The van der Waals surface area contributed by atoms with Crippen LogP contribution < -0.4 is 10.2 Å². The molecule has 0 unspecified atom stereocenters. The first-order valence-electron chi connectivity index (χ1n) is 9.91. The zero-order valence-corrected chi connectivity index (χ0v) is 16.6. The van der Waals surface area contributed by atoms with E-state index in [9.17, 15) is 4.79 Å². The predicted molar refractivity (Wildman–Crippen MR) is 114 cm³/mol. The summed E-state index contributed by atoms with van der Waals surface area (Å²) in [6, 6.07) is 16.7. The van der Waals surface area contributed by atoms with Crippen LogP contribution in [0.3, 0.4) is 0 Å². The number of aryl methyl sites for hydroxylation is 1. The summed E-state index contributed by atoms with van der Waals surface area (Å²) in [5.41, 5.74) is 4.65. The van der Waals surface area contributed by atoms with Gasteiger partial charge in [0, 0.05) is 24.9 Å². The SMILES string of the molecule is Cc1ccc(/C=C/C(=O)N[C@@H](C)c2ccc(N3CCC(C)CC3)cc2)cc1. The second kappa shape index (κ2) is 8.90. The van der Waals surface area contributed by atoms with Gasteiger partial charge >= 0.3 is 0 Å². The van der Waals surface area contributed by atoms with Gasteiger partial charge in [-0.25, -0.2) is 0 Å². The number of hydrogen-bond donors (Lipinski definition) is 1. The van der Waals surface area contributed by atoms with E-state index in [1.54, 1.807) is 6.08 Å². The van der Waals surface area contributed by atoms with Crippen LogP contribution in [0.5, 0.6) is 0 Å². The number of anilines is 1. The van der Waals surface area contributed by atoms with Crippen molar-refractivity contribution in [2.24, 2.45) is 5.92 Å². The average molecular weight is 363 g/mol. The summed E-state index contributed by atoms with van der Waals surface area (Å²) in [6.45, 7) is 8.68. The smallest absolute Gasteiger partial charge is 0.244 e. The lowest BCUT2D eigenvalue weighted by Gasteiger charge is -2.32. The molecule has 1 atom stereocenters. The van der Waals surface area contributed by atoms with E-state index in [0.29, 0.717) is 0 Å². The van der Waals surface area contributed by atoms with E-state index in [4.69, 9.17) is 0 Å². The number of amides is 1. The first-order valence-corrected chi connectivity index (χ1v) is 9.91. The minimum Gasteiger partial charge on any atom is -0.372 e. The molecule has 1 N–H and O–H groups in total. The molecule has 1 aliphatic heterocycles. The zero-order valence-electron chi connectivity index (χ0n) is 16.6. The van der Waals surface area contributed by atoms with Gasteiger partial charge in [0.05, 0.1) is 6.04 Å². The third-order valence-corrected chi connectivity index (χ3v) is 5.41. The van der Waals surface area contributed by atoms with Crippen molar-refractivity contribution in [3.8, 4) is 0 Å². The largest absolute Gasteiger partial charge is 0.372 e. The lowest BCUT2D eigenvalue weighted by atomic mass is 9.98. The Morgan fingerprint density at radius 2 is 1.70 bits per heavy atom. The number of piperidine rings is 1. The van der Waals surface area contributed by atoms with Gasteiger partial charge in [0.2, 0.25) is 5.91 Å². The maximum Gasteiger partial charge on any atom is 0.244 e. The van der Waals surface area contributed by atoms with Crippen LogP contribution in [0.2, 0.25) is 0 Å². The van der Waals surface area contributed by atoms with Crippen molar-refractivity contribution in [1.29, 1.82) is 0 Å².